The molecular formula is C14H18FNO2. The Bertz CT molecular complexity index is 397. The topological polar surface area (TPSA) is 29.5 Å². The van der Waals surface area contributed by atoms with Crippen molar-refractivity contribution in [1.82, 2.24) is 4.90 Å². The lowest BCUT2D eigenvalue weighted by molar-refractivity contribution is 0.0613. The molecule has 1 amide bonds. The Labute approximate surface area is 107 Å². The van der Waals surface area contributed by atoms with Gasteiger partial charge in [-0.3, -0.25) is 4.79 Å². The van der Waals surface area contributed by atoms with Crippen molar-refractivity contribution >= 4 is 5.91 Å². The van der Waals surface area contributed by atoms with E-state index in [1.54, 1.807) is 19.2 Å². The molecule has 1 aliphatic heterocycles. The molecule has 1 aromatic carbocycles. The molecule has 1 aliphatic rings. The summed E-state index contributed by atoms with van der Waals surface area (Å²) in [4.78, 5) is 14.0. The van der Waals surface area contributed by atoms with Gasteiger partial charge in [-0.15, -0.1) is 0 Å². The Balaban J connectivity index is 1.93. The Hall–Kier alpha value is -1.42. The zero-order valence-corrected chi connectivity index (χ0v) is 10.6. The van der Waals surface area contributed by atoms with E-state index in [4.69, 9.17) is 4.74 Å². The van der Waals surface area contributed by atoms with Crippen molar-refractivity contribution in [2.75, 3.05) is 26.8 Å². The second-order valence-electron chi connectivity index (χ2n) is 4.70. The van der Waals surface area contributed by atoms with Crippen LogP contribution in [0.25, 0.3) is 0 Å². The fraction of sp³-hybridized carbons (Fsp3) is 0.500. The van der Waals surface area contributed by atoms with Gasteiger partial charge in [0.2, 0.25) is 0 Å². The number of methoxy groups -OCH3 is 1. The molecule has 98 valence electrons. The van der Waals surface area contributed by atoms with Crippen LogP contribution in [0.15, 0.2) is 24.3 Å². The molecule has 0 spiro atoms. The van der Waals surface area contributed by atoms with Crippen LogP contribution in [0.4, 0.5) is 4.39 Å². The third-order valence-electron chi connectivity index (χ3n) is 3.40. The van der Waals surface area contributed by atoms with Crippen molar-refractivity contribution in [3.8, 4) is 0 Å². The van der Waals surface area contributed by atoms with Gasteiger partial charge in [0.1, 0.15) is 5.82 Å². The molecule has 2 rings (SSSR count). The van der Waals surface area contributed by atoms with Crippen molar-refractivity contribution in [3.63, 3.8) is 0 Å². The van der Waals surface area contributed by atoms with Gasteiger partial charge in [0.05, 0.1) is 0 Å². The number of carbonyl (C=O) groups excluding carboxylic acids is 1. The van der Waals surface area contributed by atoms with Crippen molar-refractivity contribution in [3.05, 3.63) is 35.6 Å². The number of likely N-dealkylation sites (tertiary alicyclic amines) is 1. The van der Waals surface area contributed by atoms with Crippen LogP contribution >= 0.6 is 0 Å². The van der Waals surface area contributed by atoms with Crippen LogP contribution in [0, 0.1) is 11.7 Å². The number of hydrogen-bond donors (Lipinski definition) is 0. The summed E-state index contributed by atoms with van der Waals surface area (Å²) in [6, 6.07) is 5.73. The largest absolute Gasteiger partial charge is 0.384 e. The van der Waals surface area contributed by atoms with Crippen molar-refractivity contribution in [2.45, 2.75) is 12.8 Å². The van der Waals surface area contributed by atoms with Gasteiger partial charge >= 0.3 is 0 Å². The minimum absolute atomic E-state index is 0.00846. The zero-order chi connectivity index (χ0) is 13.0. The summed E-state index contributed by atoms with van der Waals surface area (Å²) in [7, 11) is 1.70. The SMILES string of the molecule is COCC1CCN(C(=O)c2ccc(F)cc2)CC1. The standard InChI is InChI=1S/C14H18FNO2/c1-18-10-11-6-8-16(9-7-11)14(17)12-2-4-13(15)5-3-12/h2-5,11H,6-10H2,1H3. The summed E-state index contributed by atoms with van der Waals surface area (Å²) in [5.74, 6) is 0.225. The smallest absolute Gasteiger partial charge is 0.253 e. The van der Waals surface area contributed by atoms with Crippen LogP contribution in [-0.2, 0) is 4.74 Å². The van der Waals surface area contributed by atoms with E-state index in [1.165, 1.54) is 12.1 Å². The Morgan fingerprint density at radius 1 is 1.33 bits per heavy atom. The van der Waals surface area contributed by atoms with Gasteiger partial charge in [-0.25, -0.2) is 4.39 Å². The van der Waals surface area contributed by atoms with E-state index in [2.05, 4.69) is 0 Å². The van der Waals surface area contributed by atoms with E-state index in [9.17, 15) is 9.18 Å². The first kappa shape index (κ1) is 13.0. The van der Waals surface area contributed by atoms with E-state index >= 15 is 0 Å². The average molecular weight is 251 g/mol. The lowest BCUT2D eigenvalue weighted by Crippen LogP contribution is -2.39. The van der Waals surface area contributed by atoms with E-state index in [1.807, 2.05) is 4.90 Å². The third-order valence-corrected chi connectivity index (χ3v) is 3.40. The quantitative estimate of drug-likeness (QED) is 0.825. The Morgan fingerprint density at radius 3 is 2.50 bits per heavy atom. The highest BCUT2D eigenvalue weighted by Gasteiger charge is 2.23. The molecule has 4 heteroatoms. The van der Waals surface area contributed by atoms with Gasteiger partial charge in [0.25, 0.3) is 5.91 Å². The molecule has 0 saturated carbocycles. The normalized spacial score (nSPS) is 16.9. The highest BCUT2D eigenvalue weighted by molar-refractivity contribution is 5.94. The highest BCUT2D eigenvalue weighted by Crippen LogP contribution is 2.19. The van der Waals surface area contributed by atoms with E-state index in [0.29, 0.717) is 11.5 Å². The molecule has 3 nitrogen and oxygen atoms in total. The number of piperidine rings is 1. The van der Waals surface area contributed by atoms with Crippen molar-refractivity contribution < 1.29 is 13.9 Å². The van der Waals surface area contributed by atoms with Crippen LogP contribution < -0.4 is 0 Å². The van der Waals surface area contributed by atoms with Gasteiger partial charge in [0, 0.05) is 32.4 Å². The second kappa shape index (κ2) is 5.96. The minimum atomic E-state index is -0.314. The number of halogens is 1. The average Bonchev–Trinajstić information content (AvgIpc) is 2.40. The maximum atomic E-state index is 12.8. The van der Waals surface area contributed by atoms with E-state index in [0.717, 1.165) is 32.5 Å². The van der Waals surface area contributed by atoms with Crippen LogP contribution in [0.1, 0.15) is 23.2 Å². The molecule has 0 unspecified atom stereocenters. The van der Waals surface area contributed by atoms with E-state index < -0.39 is 0 Å². The predicted octanol–water partition coefficient (Wildman–Crippen LogP) is 2.32. The first-order chi connectivity index (χ1) is 8.70. The minimum Gasteiger partial charge on any atom is -0.384 e. The molecular weight excluding hydrogens is 233 g/mol. The van der Waals surface area contributed by atoms with Gasteiger partial charge in [-0.2, -0.15) is 0 Å². The molecule has 1 fully saturated rings. The summed E-state index contributed by atoms with van der Waals surface area (Å²) in [5, 5.41) is 0. The molecule has 0 radical (unpaired) electrons. The summed E-state index contributed by atoms with van der Waals surface area (Å²) < 4.78 is 17.9. The molecule has 1 aromatic rings. The summed E-state index contributed by atoms with van der Waals surface area (Å²) in [5.41, 5.74) is 0.557. The lowest BCUT2D eigenvalue weighted by atomic mass is 9.97. The van der Waals surface area contributed by atoms with Crippen LogP contribution in [0.5, 0.6) is 0 Å². The van der Waals surface area contributed by atoms with Crippen LogP contribution in [0.2, 0.25) is 0 Å². The molecule has 18 heavy (non-hydrogen) atoms. The fourth-order valence-electron chi connectivity index (χ4n) is 2.31. The number of ether oxygens (including phenoxy) is 1. The molecule has 0 N–H and O–H groups in total. The zero-order valence-electron chi connectivity index (χ0n) is 10.6. The number of carbonyl (C=O) groups is 1. The monoisotopic (exact) mass is 251 g/mol. The summed E-state index contributed by atoms with van der Waals surface area (Å²) >= 11 is 0. The first-order valence-corrected chi connectivity index (χ1v) is 6.24. The maximum absolute atomic E-state index is 12.8. The number of nitrogens with zero attached hydrogens (tertiary/aromatic N) is 1. The number of amides is 1. The first-order valence-electron chi connectivity index (χ1n) is 6.24. The van der Waals surface area contributed by atoms with Gasteiger partial charge in [-0.05, 0) is 43.0 Å². The molecule has 0 aromatic heterocycles. The fourth-order valence-corrected chi connectivity index (χ4v) is 2.31. The van der Waals surface area contributed by atoms with Crippen LogP contribution in [-0.4, -0.2) is 37.6 Å². The molecule has 0 aliphatic carbocycles. The Morgan fingerprint density at radius 2 is 1.94 bits per heavy atom. The molecule has 1 heterocycles. The van der Waals surface area contributed by atoms with Gasteiger partial charge < -0.3 is 9.64 Å². The number of rotatable bonds is 3. The van der Waals surface area contributed by atoms with Gasteiger partial charge in [0.15, 0.2) is 0 Å². The van der Waals surface area contributed by atoms with Crippen LogP contribution in [0.3, 0.4) is 0 Å². The molecule has 1 saturated heterocycles. The molecule has 0 atom stereocenters. The summed E-state index contributed by atoms with van der Waals surface area (Å²) in [6.45, 7) is 2.27. The number of benzene rings is 1. The highest BCUT2D eigenvalue weighted by atomic mass is 19.1. The van der Waals surface area contributed by atoms with E-state index in [-0.39, 0.29) is 11.7 Å². The van der Waals surface area contributed by atoms with Gasteiger partial charge in [-0.1, -0.05) is 0 Å². The Kier molecular flexibility index (Phi) is 4.31. The second-order valence-corrected chi connectivity index (χ2v) is 4.70. The number of hydrogen-bond acceptors (Lipinski definition) is 2. The summed E-state index contributed by atoms with van der Waals surface area (Å²) in [6.07, 6.45) is 1.95. The lowest BCUT2D eigenvalue weighted by Gasteiger charge is -2.31. The van der Waals surface area contributed by atoms with Crippen molar-refractivity contribution in [1.29, 1.82) is 0 Å². The predicted molar refractivity (Wildman–Crippen MR) is 66.9 cm³/mol. The van der Waals surface area contributed by atoms with Crippen molar-refractivity contribution in [2.24, 2.45) is 5.92 Å². The maximum Gasteiger partial charge on any atom is 0.253 e. The third kappa shape index (κ3) is 3.07. The molecule has 0 bridgehead atoms.